The number of hydrogen-bond donors (Lipinski definition) is 1. The standard InChI is InChI=1S/C21H28FN3O2.C2HF3O2/c1-16(26)25-14-20(21(15-25)9-10-23(2)19(21)27)7-11-24(12-8-20)13-17-3-5-18(22)6-4-17;3-2(4,5)1(6)7/h3-6H,7-15H2,1-2H3;(H,6,7). The fourth-order valence-corrected chi connectivity index (χ4v) is 5.48. The highest BCUT2D eigenvalue weighted by molar-refractivity contribution is 5.88. The first kappa shape index (κ1) is 25.9. The number of hydrogen-bond acceptors (Lipinski definition) is 4. The lowest BCUT2D eigenvalue weighted by Crippen LogP contribution is -2.52. The molecule has 3 aliphatic rings. The molecule has 0 bridgehead atoms. The smallest absolute Gasteiger partial charge is 0.475 e. The van der Waals surface area contributed by atoms with Gasteiger partial charge in [0.25, 0.3) is 0 Å². The summed E-state index contributed by atoms with van der Waals surface area (Å²) in [7, 11) is 1.88. The van der Waals surface area contributed by atoms with Crippen molar-refractivity contribution in [2.45, 2.75) is 38.9 Å². The highest BCUT2D eigenvalue weighted by Crippen LogP contribution is 2.57. The second-order valence-corrected chi connectivity index (χ2v) is 9.42. The number of carboxylic acid groups (broad SMARTS) is 1. The second-order valence-electron chi connectivity index (χ2n) is 9.42. The van der Waals surface area contributed by atoms with Crippen molar-refractivity contribution in [2.75, 3.05) is 39.8 Å². The number of carbonyl (C=O) groups excluding carboxylic acids is 2. The number of alkyl halides is 3. The largest absolute Gasteiger partial charge is 0.490 e. The van der Waals surface area contributed by atoms with E-state index in [2.05, 4.69) is 4.90 Å². The zero-order valence-electron chi connectivity index (χ0n) is 19.2. The lowest BCUT2D eigenvalue weighted by Gasteiger charge is -2.46. The molecule has 34 heavy (non-hydrogen) atoms. The quantitative estimate of drug-likeness (QED) is 0.649. The van der Waals surface area contributed by atoms with Gasteiger partial charge in [-0.3, -0.25) is 14.5 Å². The molecule has 1 unspecified atom stereocenters. The van der Waals surface area contributed by atoms with Crippen LogP contribution in [0.15, 0.2) is 24.3 Å². The Morgan fingerprint density at radius 2 is 1.59 bits per heavy atom. The van der Waals surface area contributed by atoms with E-state index < -0.39 is 17.6 Å². The van der Waals surface area contributed by atoms with Crippen LogP contribution in [0.3, 0.4) is 0 Å². The Morgan fingerprint density at radius 1 is 1.03 bits per heavy atom. The SMILES string of the molecule is CC(=O)N1CC2(CCN(Cc3ccc(F)cc3)CC2)C2(CCN(C)C2=O)C1.O=C(O)C(F)(F)F. The molecule has 3 fully saturated rings. The van der Waals surface area contributed by atoms with Gasteiger partial charge in [-0.05, 0) is 50.0 Å². The average Bonchev–Trinajstić information content (AvgIpc) is 3.24. The predicted molar refractivity (Wildman–Crippen MR) is 114 cm³/mol. The predicted octanol–water partition coefficient (Wildman–Crippen LogP) is 2.75. The van der Waals surface area contributed by atoms with Crippen LogP contribution >= 0.6 is 0 Å². The summed E-state index contributed by atoms with van der Waals surface area (Å²) in [6.45, 7) is 6.28. The Labute approximate surface area is 195 Å². The van der Waals surface area contributed by atoms with Crippen molar-refractivity contribution in [3.63, 3.8) is 0 Å². The molecule has 0 saturated carbocycles. The molecule has 3 aliphatic heterocycles. The van der Waals surface area contributed by atoms with E-state index in [1.54, 1.807) is 6.92 Å². The molecule has 2 amide bonds. The minimum Gasteiger partial charge on any atom is -0.475 e. The first-order chi connectivity index (χ1) is 15.8. The third-order valence-corrected chi connectivity index (χ3v) is 7.42. The molecule has 0 aliphatic carbocycles. The Balaban J connectivity index is 0.000000406. The summed E-state index contributed by atoms with van der Waals surface area (Å²) in [5.41, 5.74) is 0.588. The van der Waals surface area contributed by atoms with Gasteiger partial charge in [0.15, 0.2) is 0 Å². The monoisotopic (exact) mass is 487 g/mol. The van der Waals surface area contributed by atoms with Crippen LogP contribution in [-0.2, 0) is 20.9 Å². The van der Waals surface area contributed by atoms with Gasteiger partial charge in [-0.15, -0.1) is 0 Å². The van der Waals surface area contributed by atoms with E-state index in [0.717, 1.165) is 51.0 Å². The number of benzene rings is 1. The topological polar surface area (TPSA) is 81.2 Å². The maximum atomic E-state index is 13.1. The Bertz CT molecular complexity index is 929. The molecule has 4 rings (SSSR count). The molecule has 0 aromatic heterocycles. The van der Waals surface area contributed by atoms with Crippen molar-refractivity contribution in [1.82, 2.24) is 14.7 Å². The lowest BCUT2D eigenvalue weighted by atomic mass is 9.60. The molecule has 7 nitrogen and oxygen atoms in total. The van der Waals surface area contributed by atoms with Crippen LogP contribution in [0.4, 0.5) is 17.6 Å². The van der Waals surface area contributed by atoms with Gasteiger partial charge in [-0.25, -0.2) is 9.18 Å². The van der Waals surface area contributed by atoms with Crippen LogP contribution in [0.2, 0.25) is 0 Å². The van der Waals surface area contributed by atoms with Crippen molar-refractivity contribution in [1.29, 1.82) is 0 Å². The van der Waals surface area contributed by atoms with E-state index in [4.69, 9.17) is 9.90 Å². The molecule has 1 N–H and O–H groups in total. The van der Waals surface area contributed by atoms with Crippen LogP contribution < -0.4 is 0 Å². The number of likely N-dealkylation sites (tertiary alicyclic amines) is 3. The summed E-state index contributed by atoms with van der Waals surface area (Å²) in [6, 6.07) is 6.68. The Hall–Kier alpha value is -2.69. The number of amides is 2. The molecule has 1 atom stereocenters. The third-order valence-electron chi connectivity index (χ3n) is 7.42. The number of fused-ring (bicyclic) bond motifs is 1. The van der Waals surface area contributed by atoms with E-state index in [1.165, 1.54) is 12.1 Å². The molecule has 3 saturated heterocycles. The van der Waals surface area contributed by atoms with E-state index >= 15 is 0 Å². The fourth-order valence-electron chi connectivity index (χ4n) is 5.48. The van der Waals surface area contributed by atoms with Gasteiger partial charge in [-0.1, -0.05) is 12.1 Å². The van der Waals surface area contributed by atoms with Crippen LogP contribution in [0.25, 0.3) is 0 Å². The van der Waals surface area contributed by atoms with Gasteiger partial charge in [0, 0.05) is 45.6 Å². The van der Waals surface area contributed by atoms with Gasteiger partial charge in [0.2, 0.25) is 11.8 Å². The summed E-state index contributed by atoms with van der Waals surface area (Å²) in [5.74, 6) is -2.68. The van der Waals surface area contributed by atoms with Crippen LogP contribution in [0, 0.1) is 16.6 Å². The van der Waals surface area contributed by atoms with Gasteiger partial charge in [-0.2, -0.15) is 13.2 Å². The van der Waals surface area contributed by atoms with Crippen molar-refractivity contribution in [3.05, 3.63) is 35.6 Å². The maximum absolute atomic E-state index is 13.1. The summed E-state index contributed by atoms with van der Waals surface area (Å²) in [4.78, 5) is 40.2. The van der Waals surface area contributed by atoms with Gasteiger partial charge in [0.1, 0.15) is 5.82 Å². The summed E-state index contributed by atoms with van der Waals surface area (Å²) < 4.78 is 44.9. The molecule has 0 radical (unpaired) electrons. The Morgan fingerprint density at radius 3 is 2.03 bits per heavy atom. The summed E-state index contributed by atoms with van der Waals surface area (Å²) in [6.07, 6.45) is -2.38. The highest BCUT2D eigenvalue weighted by atomic mass is 19.4. The van der Waals surface area contributed by atoms with Crippen molar-refractivity contribution in [3.8, 4) is 0 Å². The zero-order valence-corrected chi connectivity index (χ0v) is 19.2. The van der Waals surface area contributed by atoms with Gasteiger partial charge in [0.05, 0.1) is 5.41 Å². The van der Waals surface area contributed by atoms with Crippen molar-refractivity contribution < 1.29 is 37.1 Å². The third kappa shape index (κ3) is 5.03. The number of halogens is 4. The Kier molecular flexibility index (Phi) is 7.26. The van der Waals surface area contributed by atoms with Gasteiger partial charge >= 0.3 is 12.1 Å². The molecular formula is C23H29F4N3O4. The van der Waals surface area contributed by atoms with Crippen LogP contribution in [0.1, 0.15) is 31.7 Å². The highest BCUT2D eigenvalue weighted by Gasteiger charge is 2.65. The summed E-state index contributed by atoms with van der Waals surface area (Å²) >= 11 is 0. The van der Waals surface area contributed by atoms with E-state index in [0.29, 0.717) is 13.1 Å². The molecular weight excluding hydrogens is 458 g/mol. The van der Waals surface area contributed by atoms with E-state index in [1.807, 2.05) is 29.0 Å². The number of aliphatic carboxylic acids is 1. The molecule has 11 heteroatoms. The van der Waals surface area contributed by atoms with Crippen molar-refractivity contribution >= 4 is 17.8 Å². The van der Waals surface area contributed by atoms with E-state index in [-0.39, 0.29) is 23.0 Å². The first-order valence-electron chi connectivity index (χ1n) is 11.1. The number of carbonyl (C=O) groups is 3. The summed E-state index contributed by atoms with van der Waals surface area (Å²) in [5, 5.41) is 7.12. The molecule has 3 heterocycles. The molecule has 1 aromatic carbocycles. The van der Waals surface area contributed by atoms with Crippen LogP contribution in [0.5, 0.6) is 0 Å². The fraction of sp³-hybridized carbons (Fsp3) is 0.609. The maximum Gasteiger partial charge on any atom is 0.490 e. The molecule has 2 spiro atoms. The zero-order chi connectivity index (χ0) is 25.3. The number of carboxylic acids is 1. The average molecular weight is 487 g/mol. The second kappa shape index (κ2) is 9.52. The van der Waals surface area contributed by atoms with Crippen LogP contribution in [-0.4, -0.2) is 83.5 Å². The number of rotatable bonds is 2. The number of piperidine rings is 1. The molecule has 1 aromatic rings. The minimum atomic E-state index is -5.08. The molecule has 188 valence electrons. The normalized spacial score (nSPS) is 24.5. The van der Waals surface area contributed by atoms with E-state index in [9.17, 15) is 27.2 Å². The van der Waals surface area contributed by atoms with Gasteiger partial charge < -0.3 is 14.9 Å². The minimum absolute atomic E-state index is 0.0716. The first-order valence-corrected chi connectivity index (χ1v) is 11.1. The van der Waals surface area contributed by atoms with Crippen molar-refractivity contribution in [2.24, 2.45) is 10.8 Å². The number of nitrogens with zero attached hydrogens (tertiary/aromatic N) is 3. The lowest BCUT2D eigenvalue weighted by molar-refractivity contribution is -0.192.